The fourth-order valence-electron chi connectivity index (χ4n) is 1.67. The van der Waals surface area contributed by atoms with E-state index in [0.717, 1.165) is 36.8 Å². The summed E-state index contributed by atoms with van der Waals surface area (Å²) in [4.78, 5) is 14.2. The van der Waals surface area contributed by atoms with Crippen LogP contribution in [0.4, 0.5) is 0 Å². The molecule has 0 radical (unpaired) electrons. The van der Waals surface area contributed by atoms with Gasteiger partial charge < -0.3 is 4.90 Å². The summed E-state index contributed by atoms with van der Waals surface area (Å²) < 4.78 is 0. The topological polar surface area (TPSA) is 20.3 Å². The van der Waals surface area contributed by atoms with Gasteiger partial charge in [-0.3, -0.25) is 4.79 Å². The second-order valence-electron chi connectivity index (χ2n) is 4.30. The standard InChI is InChI=1S/C14H19BrClNO/c1-3-4-8-17(9-7-15)14(18)12-6-5-11(2)13(16)10-12/h5-6,10H,3-4,7-9H2,1-2H3. The maximum atomic E-state index is 12.4. The summed E-state index contributed by atoms with van der Waals surface area (Å²) in [6.45, 7) is 5.58. The molecule has 0 aliphatic heterocycles. The van der Waals surface area contributed by atoms with Crippen LogP contribution in [0, 0.1) is 6.92 Å². The van der Waals surface area contributed by atoms with E-state index in [9.17, 15) is 4.79 Å². The Bertz CT molecular complexity index is 409. The number of halogens is 2. The molecule has 0 spiro atoms. The minimum atomic E-state index is 0.0600. The highest BCUT2D eigenvalue weighted by Crippen LogP contribution is 2.18. The van der Waals surface area contributed by atoms with Crippen LogP contribution >= 0.6 is 27.5 Å². The Hall–Kier alpha value is -0.540. The average Bonchev–Trinajstić information content (AvgIpc) is 2.37. The summed E-state index contributed by atoms with van der Waals surface area (Å²) in [5, 5.41) is 1.44. The van der Waals surface area contributed by atoms with Gasteiger partial charge in [0.25, 0.3) is 5.91 Å². The zero-order valence-electron chi connectivity index (χ0n) is 10.9. The third-order valence-electron chi connectivity index (χ3n) is 2.84. The smallest absolute Gasteiger partial charge is 0.253 e. The lowest BCUT2D eigenvalue weighted by atomic mass is 10.1. The Balaban J connectivity index is 2.83. The molecule has 1 aromatic rings. The lowest BCUT2D eigenvalue weighted by Gasteiger charge is -2.21. The number of nitrogens with zero attached hydrogens (tertiary/aromatic N) is 1. The van der Waals surface area contributed by atoms with Crippen molar-refractivity contribution in [3.8, 4) is 0 Å². The number of aryl methyl sites for hydroxylation is 1. The molecule has 0 heterocycles. The fourth-order valence-corrected chi connectivity index (χ4v) is 2.28. The molecule has 1 amide bonds. The molecule has 4 heteroatoms. The molecule has 0 unspecified atom stereocenters. The van der Waals surface area contributed by atoms with Gasteiger partial charge in [-0.15, -0.1) is 0 Å². The number of carbonyl (C=O) groups excluding carboxylic acids is 1. The summed E-state index contributed by atoms with van der Waals surface area (Å²) in [5.41, 5.74) is 1.66. The van der Waals surface area contributed by atoms with Crippen molar-refractivity contribution in [3.63, 3.8) is 0 Å². The van der Waals surface area contributed by atoms with Crippen molar-refractivity contribution in [2.75, 3.05) is 18.4 Å². The average molecular weight is 333 g/mol. The van der Waals surface area contributed by atoms with Crippen molar-refractivity contribution in [3.05, 3.63) is 34.3 Å². The Morgan fingerprint density at radius 2 is 2.11 bits per heavy atom. The van der Waals surface area contributed by atoms with Crippen LogP contribution in [-0.2, 0) is 0 Å². The van der Waals surface area contributed by atoms with Crippen LogP contribution in [0.3, 0.4) is 0 Å². The van der Waals surface area contributed by atoms with E-state index in [0.29, 0.717) is 10.6 Å². The second-order valence-corrected chi connectivity index (χ2v) is 5.50. The van der Waals surface area contributed by atoms with E-state index < -0.39 is 0 Å². The van der Waals surface area contributed by atoms with E-state index in [1.165, 1.54) is 0 Å². The van der Waals surface area contributed by atoms with Gasteiger partial charge in [-0.1, -0.05) is 46.9 Å². The predicted octanol–water partition coefficient (Wildman–Crippen LogP) is 4.29. The molecule has 2 nitrogen and oxygen atoms in total. The number of hydrogen-bond donors (Lipinski definition) is 0. The number of rotatable bonds is 6. The van der Waals surface area contributed by atoms with Gasteiger partial charge in [0.05, 0.1) is 0 Å². The van der Waals surface area contributed by atoms with Crippen molar-refractivity contribution in [1.29, 1.82) is 0 Å². The zero-order chi connectivity index (χ0) is 13.5. The van der Waals surface area contributed by atoms with Crippen LogP contribution in [0.1, 0.15) is 35.7 Å². The first kappa shape index (κ1) is 15.5. The summed E-state index contributed by atoms with van der Waals surface area (Å²) >= 11 is 9.45. The third-order valence-corrected chi connectivity index (χ3v) is 3.60. The van der Waals surface area contributed by atoms with Crippen LogP contribution < -0.4 is 0 Å². The van der Waals surface area contributed by atoms with Gasteiger partial charge in [-0.05, 0) is 31.0 Å². The first-order valence-corrected chi connectivity index (χ1v) is 7.71. The molecule has 0 atom stereocenters. The number of amides is 1. The molecule has 18 heavy (non-hydrogen) atoms. The number of unbranched alkanes of at least 4 members (excludes halogenated alkanes) is 1. The van der Waals surface area contributed by atoms with Gasteiger partial charge in [0, 0.05) is 29.0 Å². The normalized spacial score (nSPS) is 10.4. The molecular weight excluding hydrogens is 314 g/mol. The van der Waals surface area contributed by atoms with Crippen LogP contribution in [-0.4, -0.2) is 29.2 Å². The number of carbonyl (C=O) groups is 1. The first-order valence-electron chi connectivity index (χ1n) is 6.21. The molecule has 0 saturated carbocycles. The lowest BCUT2D eigenvalue weighted by Crippen LogP contribution is -2.33. The second kappa shape index (κ2) is 7.80. The van der Waals surface area contributed by atoms with Gasteiger partial charge in [-0.2, -0.15) is 0 Å². The number of alkyl halides is 1. The Kier molecular flexibility index (Phi) is 6.72. The molecule has 0 fully saturated rings. The van der Waals surface area contributed by atoms with Gasteiger partial charge in [0.15, 0.2) is 0 Å². The Labute approximate surface area is 122 Å². The molecule has 0 bridgehead atoms. The van der Waals surface area contributed by atoms with Gasteiger partial charge in [0.2, 0.25) is 0 Å². The van der Waals surface area contributed by atoms with E-state index in [4.69, 9.17) is 11.6 Å². The van der Waals surface area contributed by atoms with Crippen molar-refractivity contribution < 1.29 is 4.79 Å². The van der Waals surface area contributed by atoms with E-state index in [1.54, 1.807) is 6.07 Å². The quantitative estimate of drug-likeness (QED) is 0.712. The molecule has 1 aromatic carbocycles. The fraction of sp³-hybridized carbons (Fsp3) is 0.500. The van der Waals surface area contributed by atoms with Crippen LogP contribution in [0.5, 0.6) is 0 Å². The maximum absolute atomic E-state index is 12.4. The molecule has 0 aliphatic rings. The zero-order valence-corrected chi connectivity index (χ0v) is 13.2. The van der Waals surface area contributed by atoms with Crippen LogP contribution in [0.15, 0.2) is 18.2 Å². The number of benzene rings is 1. The highest BCUT2D eigenvalue weighted by atomic mass is 79.9. The van der Waals surface area contributed by atoms with Crippen LogP contribution in [0.2, 0.25) is 5.02 Å². The summed E-state index contributed by atoms with van der Waals surface area (Å²) in [6, 6.07) is 5.49. The third kappa shape index (κ3) is 4.29. The van der Waals surface area contributed by atoms with E-state index in [2.05, 4.69) is 22.9 Å². The Morgan fingerprint density at radius 1 is 1.39 bits per heavy atom. The molecule has 0 N–H and O–H groups in total. The van der Waals surface area contributed by atoms with Gasteiger partial charge in [0.1, 0.15) is 0 Å². The van der Waals surface area contributed by atoms with E-state index in [1.807, 2.05) is 24.0 Å². The number of hydrogen-bond acceptors (Lipinski definition) is 1. The molecule has 100 valence electrons. The van der Waals surface area contributed by atoms with Crippen LogP contribution in [0.25, 0.3) is 0 Å². The first-order chi connectivity index (χ1) is 8.60. The van der Waals surface area contributed by atoms with E-state index in [-0.39, 0.29) is 5.91 Å². The molecule has 0 aliphatic carbocycles. The predicted molar refractivity (Wildman–Crippen MR) is 80.8 cm³/mol. The molecular formula is C14H19BrClNO. The summed E-state index contributed by atoms with van der Waals surface area (Å²) in [6.07, 6.45) is 2.11. The maximum Gasteiger partial charge on any atom is 0.253 e. The minimum absolute atomic E-state index is 0.0600. The monoisotopic (exact) mass is 331 g/mol. The highest BCUT2D eigenvalue weighted by Gasteiger charge is 2.15. The van der Waals surface area contributed by atoms with Gasteiger partial charge in [-0.25, -0.2) is 0 Å². The molecule has 0 saturated heterocycles. The SMILES string of the molecule is CCCCN(CCBr)C(=O)c1ccc(C)c(Cl)c1. The minimum Gasteiger partial charge on any atom is -0.338 e. The van der Waals surface area contributed by atoms with Crippen molar-refractivity contribution >= 4 is 33.4 Å². The lowest BCUT2D eigenvalue weighted by molar-refractivity contribution is 0.0764. The molecule has 0 aromatic heterocycles. The molecule has 1 rings (SSSR count). The van der Waals surface area contributed by atoms with Gasteiger partial charge >= 0.3 is 0 Å². The van der Waals surface area contributed by atoms with Crippen molar-refractivity contribution in [1.82, 2.24) is 4.90 Å². The largest absolute Gasteiger partial charge is 0.338 e. The summed E-state index contributed by atoms with van der Waals surface area (Å²) in [5.74, 6) is 0.0600. The van der Waals surface area contributed by atoms with Crippen molar-refractivity contribution in [2.24, 2.45) is 0 Å². The van der Waals surface area contributed by atoms with Crippen molar-refractivity contribution in [2.45, 2.75) is 26.7 Å². The highest BCUT2D eigenvalue weighted by molar-refractivity contribution is 9.09. The summed E-state index contributed by atoms with van der Waals surface area (Å²) in [7, 11) is 0. The van der Waals surface area contributed by atoms with E-state index >= 15 is 0 Å². The Morgan fingerprint density at radius 3 is 2.67 bits per heavy atom.